The summed E-state index contributed by atoms with van der Waals surface area (Å²) in [5.74, 6) is 0.573. The van der Waals surface area contributed by atoms with E-state index in [1.54, 1.807) is 0 Å². The van der Waals surface area contributed by atoms with E-state index in [0.29, 0.717) is 12.3 Å². The summed E-state index contributed by atoms with van der Waals surface area (Å²) in [7, 11) is 0. The number of aryl methyl sites for hydroxylation is 1. The molecule has 0 bridgehead atoms. The number of hydrogen-bond acceptors (Lipinski definition) is 2. The summed E-state index contributed by atoms with van der Waals surface area (Å²) in [6, 6.07) is 5.64. The van der Waals surface area contributed by atoms with Crippen LogP contribution in [-0.2, 0) is 6.54 Å². The van der Waals surface area contributed by atoms with Gasteiger partial charge in [-0.15, -0.1) is 0 Å². The lowest BCUT2D eigenvalue weighted by atomic mass is 10.1. The van der Waals surface area contributed by atoms with Crippen molar-refractivity contribution in [1.29, 1.82) is 0 Å². The second-order valence-corrected chi connectivity index (χ2v) is 3.55. The fourth-order valence-electron chi connectivity index (χ4n) is 1.46. The van der Waals surface area contributed by atoms with Gasteiger partial charge in [-0.1, -0.05) is 25.1 Å². The summed E-state index contributed by atoms with van der Waals surface area (Å²) >= 11 is 0. The van der Waals surface area contributed by atoms with Crippen molar-refractivity contribution >= 4 is 0 Å². The first-order valence-corrected chi connectivity index (χ1v) is 5.35. The highest BCUT2D eigenvalue weighted by molar-refractivity contribution is 5.40. The Morgan fingerprint density at radius 1 is 1.38 bits per heavy atom. The molecule has 1 N–H and O–H groups in total. The summed E-state index contributed by atoms with van der Waals surface area (Å²) in [5, 5.41) is 3.15. The van der Waals surface area contributed by atoms with E-state index in [1.807, 2.05) is 32.0 Å². The summed E-state index contributed by atoms with van der Waals surface area (Å²) in [5.41, 5.74) is 1.80. The van der Waals surface area contributed by atoms with Crippen molar-refractivity contribution < 1.29 is 13.5 Å². The third-order valence-electron chi connectivity index (χ3n) is 2.21. The lowest BCUT2D eigenvalue weighted by Gasteiger charge is -2.14. The number of benzene rings is 1. The van der Waals surface area contributed by atoms with Crippen LogP contribution in [0, 0.1) is 6.92 Å². The van der Waals surface area contributed by atoms with Crippen molar-refractivity contribution in [1.82, 2.24) is 5.32 Å². The van der Waals surface area contributed by atoms with Crippen molar-refractivity contribution in [2.24, 2.45) is 0 Å². The largest absolute Gasteiger partial charge is 0.487 e. The lowest BCUT2D eigenvalue weighted by Crippen LogP contribution is -2.15. The van der Waals surface area contributed by atoms with Gasteiger partial charge in [0.1, 0.15) is 12.4 Å². The molecule has 0 spiro atoms. The maximum atomic E-state index is 12.1. The molecule has 0 aliphatic heterocycles. The highest BCUT2D eigenvalue weighted by Gasteiger charge is 2.09. The molecule has 0 heterocycles. The summed E-state index contributed by atoms with van der Waals surface area (Å²) in [4.78, 5) is 0. The van der Waals surface area contributed by atoms with Crippen molar-refractivity contribution in [2.45, 2.75) is 26.8 Å². The third kappa shape index (κ3) is 3.77. The fraction of sp³-hybridized carbons (Fsp3) is 0.500. The van der Waals surface area contributed by atoms with Crippen LogP contribution >= 0.6 is 0 Å². The summed E-state index contributed by atoms with van der Waals surface area (Å²) in [6.45, 7) is 4.77. The van der Waals surface area contributed by atoms with Crippen LogP contribution in [0.3, 0.4) is 0 Å². The molecule has 0 saturated carbocycles. The smallest absolute Gasteiger partial charge is 0.272 e. The van der Waals surface area contributed by atoms with Crippen molar-refractivity contribution in [3.8, 4) is 5.75 Å². The van der Waals surface area contributed by atoms with Crippen LogP contribution in [0.2, 0.25) is 0 Å². The Bertz CT molecular complexity index is 329. The molecule has 2 nitrogen and oxygen atoms in total. The SMILES string of the molecule is CCNCc1cccc(C)c1OCC(F)F. The number of halogens is 2. The van der Waals surface area contributed by atoms with Gasteiger partial charge in [0.05, 0.1) is 0 Å². The first kappa shape index (κ1) is 12.9. The molecule has 1 aromatic rings. The fourth-order valence-corrected chi connectivity index (χ4v) is 1.46. The molecule has 0 radical (unpaired) electrons. The normalized spacial score (nSPS) is 10.8. The Kier molecular flexibility index (Phi) is 5.19. The lowest BCUT2D eigenvalue weighted by molar-refractivity contribution is 0.0810. The van der Waals surface area contributed by atoms with Gasteiger partial charge in [-0.3, -0.25) is 0 Å². The first-order chi connectivity index (χ1) is 7.65. The van der Waals surface area contributed by atoms with E-state index in [9.17, 15) is 8.78 Å². The molecule has 0 atom stereocenters. The zero-order valence-corrected chi connectivity index (χ0v) is 9.59. The topological polar surface area (TPSA) is 21.3 Å². The number of hydrogen-bond donors (Lipinski definition) is 1. The number of para-hydroxylation sites is 1. The van der Waals surface area contributed by atoms with Gasteiger partial charge in [-0.2, -0.15) is 0 Å². The second-order valence-electron chi connectivity index (χ2n) is 3.55. The van der Waals surface area contributed by atoms with E-state index in [2.05, 4.69) is 5.32 Å². The molecule has 16 heavy (non-hydrogen) atoms. The minimum absolute atomic E-state index is 0.552. The molecule has 0 aliphatic rings. The van der Waals surface area contributed by atoms with Gasteiger partial charge in [0.25, 0.3) is 6.43 Å². The van der Waals surface area contributed by atoms with Crippen LogP contribution in [0.1, 0.15) is 18.1 Å². The van der Waals surface area contributed by atoms with Crippen LogP contribution < -0.4 is 10.1 Å². The average Bonchev–Trinajstić information content (AvgIpc) is 2.24. The third-order valence-corrected chi connectivity index (χ3v) is 2.21. The molecular formula is C12H17F2NO. The van der Waals surface area contributed by atoms with E-state index in [1.165, 1.54) is 0 Å². The van der Waals surface area contributed by atoms with E-state index in [0.717, 1.165) is 17.7 Å². The number of ether oxygens (including phenoxy) is 1. The molecule has 1 aromatic carbocycles. The zero-order valence-electron chi connectivity index (χ0n) is 9.59. The average molecular weight is 229 g/mol. The predicted molar refractivity (Wildman–Crippen MR) is 60.1 cm³/mol. The van der Waals surface area contributed by atoms with E-state index >= 15 is 0 Å². The van der Waals surface area contributed by atoms with Gasteiger partial charge in [0.2, 0.25) is 0 Å². The van der Waals surface area contributed by atoms with Gasteiger partial charge in [0, 0.05) is 12.1 Å². The van der Waals surface area contributed by atoms with Gasteiger partial charge in [-0.05, 0) is 19.0 Å². The molecule has 0 amide bonds. The molecule has 0 saturated heterocycles. The minimum atomic E-state index is -2.44. The monoisotopic (exact) mass is 229 g/mol. The van der Waals surface area contributed by atoms with Gasteiger partial charge >= 0.3 is 0 Å². The van der Waals surface area contributed by atoms with E-state index < -0.39 is 13.0 Å². The predicted octanol–water partition coefficient (Wildman–Crippen LogP) is 2.75. The molecular weight excluding hydrogens is 212 g/mol. The first-order valence-electron chi connectivity index (χ1n) is 5.35. The van der Waals surface area contributed by atoms with E-state index in [4.69, 9.17) is 4.74 Å². The maximum absolute atomic E-state index is 12.1. The van der Waals surface area contributed by atoms with Crippen molar-refractivity contribution in [3.63, 3.8) is 0 Å². The number of rotatable bonds is 6. The molecule has 0 aromatic heterocycles. The van der Waals surface area contributed by atoms with Crippen LogP contribution in [0.15, 0.2) is 18.2 Å². The Morgan fingerprint density at radius 3 is 2.75 bits per heavy atom. The van der Waals surface area contributed by atoms with Crippen LogP contribution in [0.4, 0.5) is 8.78 Å². The minimum Gasteiger partial charge on any atom is -0.487 e. The molecule has 1 rings (SSSR count). The van der Waals surface area contributed by atoms with Crippen LogP contribution in [0.25, 0.3) is 0 Å². The van der Waals surface area contributed by atoms with Gasteiger partial charge < -0.3 is 10.1 Å². The van der Waals surface area contributed by atoms with Crippen LogP contribution in [0.5, 0.6) is 5.75 Å². The Labute approximate surface area is 94.6 Å². The second kappa shape index (κ2) is 6.43. The zero-order chi connectivity index (χ0) is 12.0. The quantitative estimate of drug-likeness (QED) is 0.809. The van der Waals surface area contributed by atoms with Crippen molar-refractivity contribution in [3.05, 3.63) is 29.3 Å². The Morgan fingerprint density at radius 2 is 2.12 bits per heavy atom. The summed E-state index contributed by atoms with van der Waals surface area (Å²) in [6.07, 6.45) is -2.44. The highest BCUT2D eigenvalue weighted by Crippen LogP contribution is 2.23. The number of nitrogens with one attached hydrogen (secondary N) is 1. The molecule has 4 heteroatoms. The Hall–Kier alpha value is -1.16. The van der Waals surface area contributed by atoms with Gasteiger partial charge in [-0.25, -0.2) is 8.78 Å². The maximum Gasteiger partial charge on any atom is 0.272 e. The molecule has 0 fully saturated rings. The highest BCUT2D eigenvalue weighted by atomic mass is 19.3. The molecule has 0 unspecified atom stereocenters. The van der Waals surface area contributed by atoms with E-state index in [-0.39, 0.29) is 0 Å². The summed E-state index contributed by atoms with van der Waals surface area (Å²) < 4.78 is 29.3. The van der Waals surface area contributed by atoms with Crippen LogP contribution in [-0.4, -0.2) is 19.6 Å². The molecule has 90 valence electrons. The standard InChI is InChI=1S/C12H17F2NO/c1-3-15-7-10-6-4-5-9(2)12(10)16-8-11(13)14/h4-6,11,15H,3,7-8H2,1-2H3. The number of alkyl halides is 2. The molecule has 0 aliphatic carbocycles. The Balaban J connectivity index is 2.77. The van der Waals surface area contributed by atoms with Gasteiger partial charge in [0.15, 0.2) is 0 Å². The van der Waals surface area contributed by atoms with Crippen molar-refractivity contribution in [2.75, 3.05) is 13.2 Å².